The van der Waals surface area contributed by atoms with E-state index in [9.17, 15) is 8.42 Å². The molecule has 0 saturated heterocycles. The molecule has 86 valence electrons. The van der Waals surface area contributed by atoms with Crippen molar-refractivity contribution >= 4 is 35.7 Å². The quantitative estimate of drug-likeness (QED) is 0.635. The molecule has 0 saturated carbocycles. The maximum Gasteiger partial charge on any atom is 0.261 e. The number of nitriles is 1. The van der Waals surface area contributed by atoms with E-state index in [0.29, 0.717) is 28.4 Å². The second-order valence-electron chi connectivity index (χ2n) is 3.12. The van der Waals surface area contributed by atoms with Gasteiger partial charge in [-0.05, 0) is 23.6 Å². The number of rotatable bonds is 3. The number of halogens is 2. The van der Waals surface area contributed by atoms with Crippen LogP contribution in [-0.2, 0) is 20.8 Å². The maximum absolute atomic E-state index is 11.5. The molecule has 1 rings (SSSR count). The van der Waals surface area contributed by atoms with Crippen LogP contribution in [0, 0.1) is 11.3 Å². The fraction of sp³-hybridized carbons (Fsp3) is 0.300. The molecule has 0 bridgehead atoms. The predicted molar refractivity (Wildman–Crippen MR) is 66.2 cm³/mol. The number of hydrogen-bond donors (Lipinski definition) is 0. The van der Waals surface area contributed by atoms with Crippen LogP contribution in [0.5, 0.6) is 0 Å². The molecule has 0 amide bonds. The Morgan fingerprint density at radius 1 is 1.50 bits per heavy atom. The third-order valence-corrected chi connectivity index (χ3v) is 4.27. The minimum absolute atomic E-state index is 0.0626. The van der Waals surface area contributed by atoms with Crippen molar-refractivity contribution in [1.29, 1.82) is 5.26 Å². The fourth-order valence-corrected chi connectivity index (χ4v) is 3.77. The molecule has 16 heavy (non-hydrogen) atoms. The molecule has 6 heteroatoms. The Morgan fingerprint density at radius 2 is 2.12 bits per heavy atom. The largest absolute Gasteiger partial charge is 0.261 e. The lowest BCUT2D eigenvalue weighted by atomic mass is 10.0. The van der Waals surface area contributed by atoms with Crippen LogP contribution in [0.25, 0.3) is 0 Å². The summed E-state index contributed by atoms with van der Waals surface area (Å²) in [6, 6.07) is 5.18. The first-order chi connectivity index (χ1) is 7.45. The number of hydrogen-bond acceptors (Lipinski definition) is 3. The molecule has 3 nitrogen and oxygen atoms in total. The SMILES string of the molecule is CCc1c(C#N)ccc(CBr)c1S(=O)(=O)Cl. The zero-order chi connectivity index (χ0) is 12.3. The van der Waals surface area contributed by atoms with E-state index in [-0.39, 0.29) is 4.90 Å². The normalized spacial score (nSPS) is 11.1. The lowest BCUT2D eigenvalue weighted by Crippen LogP contribution is -2.04. The minimum atomic E-state index is -3.83. The van der Waals surface area contributed by atoms with Crippen LogP contribution >= 0.6 is 26.6 Å². The first-order valence-corrected chi connectivity index (χ1v) is 7.94. The molecule has 1 aromatic rings. The minimum Gasteiger partial charge on any atom is -0.207 e. The molecule has 1 aromatic carbocycles. The zero-order valence-corrected chi connectivity index (χ0v) is 11.7. The van der Waals surface area contributed by atoms with Gasteiger partial charge in [0.05, 0.1) is 16.5 Å². The van der Waals surface area contributed by atoms with Gasteiger partial charge in [0, 0.05) is 16.0 Å². The molecule has 0 radical (unpaired) electrons. The highest BCUT2D eigenvalue weighted by molar-refractivity contribution is 9.08. The molecule has 0 aliphatic carbocycles. The van der Waals surface area contributed by atoms with Crippen molar-refractivity contribution in [2.45, 2.75) is 23.6 Å². The number of alkyl halides is 1. The Balaban J connectivity index is 3.72. The van der Waals surface area contributed by atoms with Gasteiger partial charge >= 0.3 is 0 Å². The van der Waals surface area contributed by atoms with Crippen LogP contribution in [-0.4, -0.2) is 8.42 Å². The Hall–Kier alpha value is -0.570. The van der Waals surface area contributed by atoms with Crippen molar-refractivity contribution in [1.82, 2.24) is 0 Å². The molecule has 0 heterocycles. The van der Waals surface area contributed by atoms with Gasteiger partial charge in [-0.25, -0.2) is 8.42 Å². The summed E-state index contributed by atoms with van der Waals surface area (Å²) in [7, 11) is 1.57. The van der Waals surface area contributed by atoms with Gasteiger partial charge in [0.1, 0.15) is 0 Å². The summed E-state index contributed by atoms with van der Waals surface area (Å²) < 4.78 is 23.0. The van der Waals surface area contributed by atoms with Gasteiger partial charge in [-0.3, -0.25) is 0 Å². The van der Waals surface area contributed by atoms with Crippen LogP contribution in [0.3, 0.4) is 0 Å². The standard InChI is InChI=1S/C10H9BrClNO2S/c1-2-9-8(6-13)4-3-7(5-11)10(9)16(12,14)15/h3-4H,2,5H2,1H3. The Labute approximate surface area is 108 Å². The first-order valence-electron chi connectivity index (χ1n) is 4.51. The van der Waals surface area contributed by atoms with Crippen molar-refractivity contribution in [2.75, 3.05) is 0 Å². The molecule has 0 atom stereocenters. The van der Waals surface area contributed by atoms with E-state index in [2.05, 4.69) is 15.9 Å². The van der Waals surface area contributed by atoms with E-state index in [0.717, 1.165) is 0 Å². The van der Waals surface area contributed by atoms with Gasteiger partial charge in [-0.2, -0.15) is 5.26 Å². The molecule has 0 aromatic heterocycles. The molecule has 0 aliphatic heterocycles. The third-order valence-electron chi connectivity index (χ3n) is 2.20. The molecule has 0 unspecified atom stereocenters. The van der Waals surface area contributed by atoms with Gasteiger partial charge in [-0.15, -0.1) is 0 Å². The van der Waals surface area contributed by atoms with Crippen molar-refractivity contribution in [3.05, 3.63) is 28.8 Å². The third kappa shape index (κ3) is 2.57. The Morgan fingerprint density at radius 3 is 2.50 bits per heavy atom. The second kappa shape index (κ2) is 5.17. The van der Waals surface area contributed by atoms with Crippen molar-refractivity contribution in [2.24, 2.45) is 0 Å². The highest BCUT2D eigenvalue weighted by Crippen LogP contribution is 2.29. The lowest BCUT2D eigenvalue weighted by molar-refractivity contribution is 0.608. The summed E-state index contributed by atoms with van der Waals surface area (Å²) in [5.74, 6) is 0. The van der Waals surface area contributed by atoms with E-state index < -0.39 is 9.05 Å². The van der Waals surface area contributed by atoms with Gasteiger partial charge in [0.2, 0.25) is 0 Å². The predicted octanol–water partition coefficient (Wildman–Crippen LogP) is 2.94. The molecule has 0 fully saturated rings. The van der Waals surface area contributed by atoms with Crippen molar-refractivity contribution < 1.29 is 8.42 Å². The van der Waals surface area contributed by atoms with E-state index in [4.69, 9.17) is 15.9 Å². The molecular weight excluding hydrogens is 314 g/mol. The monoisotopic (exact) mass is 321 g/mol. The highest BCUT2D eigenvalue weighted by atomic mass is 79.9. The van der Waals surface area contributed by atoms with Gasteiger partial charge in [0.15, 0.2) is 0 Å². The zero-order valence-electron chi connectivity index (χ0n) is 8.50. The van der Waals surface area contributed by atoms with Crippen LogP contribution < -0.4 is 0 Å². The van der Waals surface area contributed by atoms with Gasteiger partial charge < -0.3 is 0 Å². The summed E-state index contributed by atoms with van der Waals surface area (Å²) in [4.78, 5) is 0.0626. The first kappa shape index (κ1) is 13.5. The smallest absolute Gasteiger partial charge is 0.207 e. The van der Waals surface area contributed by atoms with E-state index in [1.54, 1.807) is 19.1 Å². The van der Waals surface area contributed by atoms with Gasteiger partial charge in [-0.1, -0.05) is 28.9 Å². The average Bonchev–Trinajstić information content (AvgIpc) is 2.25. The molecular formula is C10H9BrClNO2S. The molecule has 0 spiro atoms. The van der Waals surface area contributed by atoms with Crippen molar-refractivity contribution in [3.63, 3.8) is 0 Å². The summed E-state index contributed by atoms with van der Waals surface area (Å²) >= 11 is 3.20. The topological polar surface area (TPSA) is 57.9 Å². The average molecular weight is 323 g/mol. The van der Waals surface area contributed by atoms with E-state index in [1.807, 2.05) is 6.07 Å². The Kier molecular flexibility index (Phi) is 4.36. The van der Waals surface area contributed by atoms with Crippen LogP contribution in [0.4, 0.5) is 0 Å². The van der Waals surface area contributed by atoms with Crippen molar-refractivity contribution in [3.8, 4) is 6.07 Å². The summed E-state index contributed by atoms with van der Waals surface area (Å²) in [6.45, 7) is 1.79. The van der Waals surface area contributed by atoms with E-state index in [1.165, 1.54) is 0 Å². The van der Waals surface area contributed by atoms with Crippen LogP contribution in [0.15, 0.2) is 17.0 Å². The molecule has 0 aliphatic rings. The summed E-state index contributed by atoms with van der Waals surface area (Å²) in [6.07, 6.45) is 0.449. The van der Waals surface area contributed by atoms with Crippen LogP contribution in [0.2, 0.25) is 0 Å². The summed E-state index contributed by atoms with van der Waals surface area (Å²) in [5, 5.41) is 9.29. The molecule has 0 N–H and O–H groups in total. The number of nitrogens with zero attached hydrogens (tertiary/aromatic N) is 1. The summed E-state index contributed by atoms with van der Waals surface area (Å²) in [5.41, 5.74) is 1.41. The highest BCUT2D eigenvalue weighted by Gasteiger charge is 2.21. The lowest BCUT2D eigenvalue weighted by Gasteiger charge is -2.10. The number of benzene rings is 1. The maximum atomic E-state index is 11.5. The van der Waals surface area contributed by atoms with Crippen LogP contribution in [0.1, 0.15) is 23.6 Å². The fourth-order valence-electron chi connectivity index (χ4n) is 1.54. The van der Waals surface area contributed by atoms with E-state index >= 15 is 0 Å². The van der Waals surface area contributed by atoms with Gasteiger partial charge in [0.25, 0.3) is 9.05 Å². The second-order valence-corrected chi connectivity index (χ2v) is 6.18. The Bertz CT molecular complexity index is 549.